The van der Waals surface area contributed by atoms with Gasteiger partial charge in [0.25, 0.3) is 0 Å². The Balaban J connectivity index is 4.55. The van der Waals surface area contributed by atoms with Crippen molar-refractivity contribution in [1.82, 2.24) is 0 Å². The second-order valence-corrected chi connectivity index (χ2v) is 4.16. The second kappa shape index (κ2) is 4.77. The molecule has 4 heteroatoms. The summed E-state index contributed by atoms with van der Waals surface area (Å²) in [6, 6.07) is 0. The summed E-state index contributed by atoms with van der Waals surface area (Å²) < 4.78 is 5.00. The molecule has 0 fully saturated rings. The molecule has 0 bridgehead atoms. The van der Waals surface area contributed by atoms with Crippen molar-refractivity contribution in [2.24, 2.45) is 0 Å². The summed E-state index contributed by atoms with van der Waals surface area (Å²) in [7, 11) is 0. The molecule has 0 aromatic rings. The van der Waals surface area contributed by atoms with Gasteiger partial charge in [-0.15, -0.1) is 0 Å². The van der Waals surface area contributed by atoms with E-state index >= 15 is 0 Å². The monoisotopic (exact) mass is 212 g/mol. The van der Waals surface area contributed by atoms with Gasteiger partial charge >= 0.3 is 11.9 Å². The molecule has 0 aromatic carbocycles. The second-order valence-electron chi connectivity index (χ2n) is 4.16. The minimum Gasteiger partial charge on any atom is -0.478 e. The van der Waals surface area contributed by atoms with Crippen molar-refractivity contribution in [2.45, 2.75) is 33.3 Å². The molecule has 0 amide bonds. The summed E-state index contributed by atoms with van der Waals surface area (Å²) >= 11 is 0. The SMILES string of the molecule is C=C(/C=C(\C)C(=O)O)C(=O)OC(C)(C)C. The first-order chi connectivity index (χ1) is 6.63. The highest BCUT2D eigenvalue weighted by Gasteiger charge is 2.18. The van der Waals surface area contributed by atoms with Crippen LogP contribution in [0, 0.1) is 0 Å². The zero-order chi connectivity index (χ0) is 12.2. The molecule has 0 spiro atoms. The third kappa shape index (κ3) is 5.67. The summed E-state index contributed by atoms with van der Waals surface area (Å²) in [6.45, 7) is 10.0. The Bertz CT molecular complexity index is 318. The average molecular weight is 212 g/mol. The highest BCUT2D eigenvalue weighted by molar-refractivity contribution is 5.95. The number of hydrogen-bond donors (Lipinski definition) is 1. The molecule has 0 radical (unpaired) electrons. The minimum absolute atomic E-state index is 0.0322. The van der Waals surface area contributed by atoms with Gasteiger partial charge < -0.3 is 9.84 Å². The molecule has 0 aliphatic heterocycles. The molecular weight excluding hydrogens is 196 g/mol. The van der Waals surface area contributed by atoms with E-state index in [1.165, 1.54) is 13.0 Å². The number of carboxylic acids is 1. The number of carboxylic acid groups (broad SMARTS) is 1. The van der Waals surface area contributed by atoms with Gasteiger partial charge in [-0.05, 0) is 33.8 Å². The molecule has 0 aliphatic carbocycles. The molecule has 0 atom stereocenters. The van der Waals surface area contributed by atoms with Crippen molar-refractivity contribution in [2.75, 3.05) is 0 Å². The van der Waals surface area contributed by atoms with Crippen LogP contribution in [0.3, 0.4) is 0 Å². The molecule has 0 saturated carbocycles. The number of aliphatic carboxylic acids is 1. The first kappa shape index (κ1) is 13.4. The van der Waals surface area contributed by atoms with Gasteiger partial charge in [0.1, 0.15) is 5.60 Å². The summed E-state index contributed by atoms with van der Waals surface area (Å²) in [5.74, 6) is -1.69. The van der Waals surface area contributed by atoms with Crippen LogP contribution in [0.25, 0.3) is 0 Å². The number of hydrogen-bond acceptors (Lipinski definition) is 3. The summed E-state index contributed by atoms with van der Waals surface area (Å²) in [5, 5.41) is 8.58. The largest absolute Gasteiger partial charge is 0.478 e. The van der Waals surface area contributed by atoms with E-state index in [9.17, 15) is 9.59 Å². The maximum atomic E-state index is 11.4. The van der Waals surface area contributed by atoms with Crippen molar-refractivity contribution in [3.8, 4) is 0 Å². The van der Waals surface area contributed by atoms with Crippen molar-refractivity contribution in [3.05, 3.63) is 23.8 Å². The van der Waals surface area contributed by atoms with Crippen LogP contribution in [0.15, 0.2) is 23.8 Å². The maximum Gasteiger partial charge on any atom is 0.338 e. The van der Waals surface area contributed by atoms with E-state index in [1.807, 2.05) is 0 Å². The molecule has 15 heavy (non-hydrogen) atoms. The first-order valence-electron chi connectivity index (χ1n) is 4.47. The van der Waals surface area contributed by atoms with Gasteiger partial charge in [0, 0.05) is 5.57 Å². The zero-order valence-corrected chi connectivity index (χ0v) is 9.46. The Morgan fingerprint density at radius 2 is 1.80 bits per heavy atom. The fourth-order valence-corrected chi connectivity index (χ4v) is 0.726. The molecule has 0 aliphatic rings. The van der Waals surface area contributed by atoms with E-state index in [1.54, 1.807) is 20.8 Å². The zero-order valence-electron chi connectivity index (χ0n) is 9.46. The lowest BCUT2D eigenvalue weighted by molar-refractivity contribution is -0.149. The summed E-state index contributed by atoms with van der Waals surface area (Å²) in [4.78, 5) is 21.8. The fraction of sp³-hybridized carbons (Fsp3) is 0.455. The predicted molar refractivity (Wildman–Crippen MR) is 56.4 cm³/mol. The third-order valence-electron chi connectivity index (χ3n) is 1.39. The van der Waals surface area contributed by atoms with Crippen LogP contribution in [-0.4, -0.2) is 22.6 Å². The maximum absolute atomic E-state index is 11.4. The topological polar surface area (TPSA) is 63.6 Å². The van der Waals surface area contributed by atoms with Gasteiger partial charge in [-0.3, -0.25) is 0 Å². The standard InChI is InChI=1S/C11H16O4/c1-7(9(12)13)6-8(2)10(14)15-11(3,4)5/h6H,2H2,1,3-5H3,(H,12,13)/b7-6+. The molecule has 84 valence electrons. The fourth-order valence-electron chi connectivity index (χ4n) is 0.726. The highest BCUT2D eigenvalue weighted by Crippen LogP contribution is 2.11. The molecule has 0 rings (SSSR count). The van der Waals surface area contributed by atoms with E-state index in [0.717, 1.165) is 0 Å². The van der Waals surface area contributed by atoms with Gasteiger partial charge in [-0.25, -0.2) is 9.59 Å². The molecule has 0 unspecified atom stereocenters. The van der Waals surface area contributed by atoms with Gasteiger partial charge in [-0.2, -0.15) is 0 Å². The smallest absolute Gasteiger partial charge is 0.338 e. The summed E-state index contributed by atoms with van der Waals surface area (Å²) in [5.41, 5.74) is -0.527. The molecule has 0 saturated heterocycles. The number of ether oxygens (including phenoxy) is 1. The Kier molecular flexibility index (Phi) is 4.27. The van der Waals surface area contributed by atoms with E-state index in [2.05, 4.69) is 6.58 Å². The summed E-state index contributed by atoms with van der Waals surface area (Å²) in [6.07, 6.45) is 1.19. The van der Waals surface area contributed by atoms with Crippen molar-refractivity contribution in [1.29, 1.82) is 0 Å². The first-order valence-corrected chi connectivity index (χ1v) is 4.47. The van der Waals surface area contributed by atoms with Crippen LogP contribution in [0.2, 0.25) is 0 Å². The predicted octanol–water partition coefficient (Wildman–Crippen LogP) is 1.92. The van der Waals surface area contributed by atoms with Gasteiger partial charge in [-0.1, -0.05) is 6.58 Å². The van der Waals surface area contributed by atoms with Crippen LogP contribution >= 0.6 is 0 Å². The molecule has 1 N–H and O–H groups in total. The molecule has 0 heterocycles. The van der Waals surface area contributed by atoms with Crippen LogP contribution in [-0.2, 0) is 14.3 Å². The van der Waals surface area contributed by atoms with Gasteiger partial charge in [0.15, 0.2) is 0 Å². The Hall–Kier alpha value is -1.58. The van der Waals surface area contributed by atoms with Crippen LogP contribution < -0.4 is 0 Å². The van der Waals surface area contributed by atoms with E-state index in [-0.39, 0.29) is 11.1 Å². The van der Waals surface area contributed by atoms with Gasteiger partial charge in [0.2, 0.25) is 0 Å². The van der Waals surface area contributed by atoms with E-state index < -0.39 is 17.5 Å². The number of esters is 1. The van der Waals surface area contributed by atoms with Crippen molar-refractivity contribution < 1.29 is 19.4 Å². The lowest BCUT2D eigenvalue weighted by Crippen LogP contribution is -2.24. The Morgan fingerprint density at radius 3 is 2.13 bits per heavy atom. The molecule has 4 nitrogen and oxygen atoms in total. The van der Waals surface area contributed by atoms with Crippen LogP contribution in [0.5, 0.6) is 0 Å². The normalized spacial score (nSPS) is 12.1. The lowest BCUT2D eigenvalue weighted by atomic mass is 10.1. The lowest BCUT2D eigenvalue weighted by Gasteiger charge is -2.19. The van der Waals surface area contributed by atoms with E-state index in [4.69, 9.17) is 9.84 Å². The minimum atomic E-state index is -1.08. The number of rotatable bonds is 3. The molecular formula is C11H16O4. The highest BCUT2D eigenvalue weighted by atomic mass is 16.6. The Labute approximate surface area is 89.2 Å². The van der Waals surface area contributed by atoms with Crippen molar-refractivity contribution in [3.63, 3.8) is 0 Å². The quantitative estimate of drug-likeness (QED) is 0.441. The van der Waals surface area contributed by atoms with Crippen LogP contribution in [0.1, 0.15) is 27.7 Å². The number of carbonyl (C=O) groups is 2. The molecule has 0 aromatic heterocycles. The van der Waals surface area contributed by atoms with Crippen molar-refractivity contribution >= 4 is 11.9 Å². The third-order valence-corrected chi connectivity index (χ3v) is 1.39. The Morgan fingerprint density at radius 1 is 1.33 bits per heavy atom. The van der Waals surface area contributed by atoms with E-state index in [0.29, 0.717) is 0 Å². The van der Waals surface area contributed by atoms with Gasteiger partial charge in [0.05, 0.1) is 5.57 Å². The average Bonchev–Trinajstić information content (AvgIpc) is 2.00. The van der Waals surface area contributed by atoms with Crippen LogP contribution in [0.4, 0.5) is 0 Å². The number of carbonyl (C=O) groups excluding carboxylic acids is 1.